The molecule has 0 radical (unpaired) electrons. The minimum Gasteiger partial charge on any atom is -0.392 e. The maximum absolute atomic E-state index is 13.1. The second-order valence-corrected chi connectivity index (χ2v) is 8.53. The number of halogens is 1. The Morgan fingerprint density at radius 2 is 1.73 bits per heavy atom. The van der Waals surface area contributed by atoms with Crippen LogP contribution in [0.15, 0.2) is 79.0 Å². The average molecular weight is 504 g/mol. The summed E-state index contributed by atoms with van der Waals surface area (Å²) in [5.41, 5.74) is 6.20. The first-order valence-electron chi connectivity index (χ1n) is 11.6. The van der Waals surface area contributed by atoms with Gasteiger partial charge in [0.05, 0.1) is 31.8 Å². The molecule has 1 atom stereocenters. The summed E-state index contributed by atoms with van der Waals surface area (Å²) in [5.74, 6) is -1.38. The number of aliphatic hydroxyl groups excluding tert-OH is 1. The summed E-state index contributed by atoms with van der Waals surface area (Å²) in [4.78, 5) is 24.3. The lowest BCUT2D eigenvalue weighted by Gasteiger charge is -2.16. The predicted octanol–water partition coefficient (Wildman–Crippen LogP) is 3.19. The van der Waals surface area contributed by atoms with Crippen LogP contribution in [0.2, 0.25) is 0 Å². The van der Waals surface area contributed by atoms with Crippen molar-refractivity contribution in [2.45, 2.75) is 32.0 Å². The molecule has 0 saturated carbocycles. The Kier molecular flexibility index (Phi) is 8.34. The lowest BCUT2D eigenvalue weighted by molar-refractivity contribution is -0.130. The smallest absolute Gasteiger partial charge is 0.251 e. The SMILES string of the molecule is O=C(C[C@@H](Cc1cccc(-c2ccc(CO)cc2)c1)n1cc(CNC(=O)c2ccc(F)cc2)nn1)NO. The van der Waals surface area contributed by atoms with Crippen LogP contribution in [0, 0.1) is 5.82 Å². The number of carbonyl (C=O) groups excluding carboxylic acids is 2. The van der Waals surface area contributed by atoms with E-state index < -0.39 is 17.8 Å². The van der Waals surface area contributed by atoms with E-state index in [0.29, 0.717) is 17.7 Å². The van der Waals surface area contributed by atoms with E-state index in [1.54, 1.807) is 11.7 Å². The highest BCUT2D eigenvalue weighted by atomic mass is 19.1. The number of carbonyl (C=O) groups is 2. The van der Waals surface area contributed by atoms with E-state index in [2.05, 4.69) is 15.6 Å². The lowest BCUT2D eigenvalue weighted by Crippen LogP contribution is -2.25. The topological polar surface area (TPSA) is 129 Å². The first-order chi connectivity index (χ1) is 17.9. The van der Waals surface area contributed by atoms with E-state index in [4.69, 9.17) is 5.21 Å². The second-order valence-electron chi connectivity index (χ2n) is 8.53. The molecule has 4 N–H and O–H groups in total. The fourth-order valence-electron chi connectivity index (χ4n) is 3.92. The monoisotopic (exact) mass is 503 g/mol. The minimum atomic E-state index is -0.567. The highest BCUT2D eigenvalue weighted by molar-refractivity contribution is 5.94. The number of rotatable bonds is 10. The Hall–Kier alpha value is -4.41. The fraction of sp³-hybridized carbons (Fsp3) is 0.185. The average Bonchev–Trinajstić information content (AvgIpc) is 3.41. The molecule has 0 bridgehead atoms. The molecular weight excluding hydrogens is 477 g/mol. The summed E-state index contributed by atoms with van der Waals surface area (Å²) >= 11 is 0. The molecule has 0 fully saturated rings. The van der Waals surface area contributed by atoms with Crippen molar-refractivity contribution in [3.05, 3.63) is 107 Å². The van der Waals surface area contributed by atoms with Gasteiger partial charge in [0.1, 0.15) is 11.5 Å². The van der Waals surface area contributed by atoms with Crippen LogP contribution in [0.5, 0.6) is 0 Å². The van der Waals surface area contributed by atoms with Crippen molar-refractivity contribution >= 4 is 11.8 Å². The van der Waals surface area contributed by atoms with Gasteiger partial charge in [-0.25, -0.2) is 14.6 Å². The third kappa shape index (κ3) is 6.84. The van der Waals surface area contributed by atoms with Gasteiger partial charge in [0.15, 0.2) is 0 Å². The molecule has 0 aliphatic heterocycles. The maximum Gasteiger partial charge on any atom is 0.251 e. The van der Waals surface area contributed by atoms with Gasteiger partial charge < -0.3 is 10.4 Å². The van der Waals surface area contributed by atoms with Crippen LogP contribution in [0.25, 0.3) is 11.1 Å². The molecule has 0 aliphatic carbocycles. The van der Waals surface area contributed by atoms with Crippen molar-refractivity contribution in [2.75, 3.05) is 0 Å². The molecule has 10 heteroatoms. The zero-order valence-electron chi connectivity index (χ0n) is 19.8. The summed E-state index contributed by atoms with van der Waals surface area (Å²) in [6.07, 6.45) is 2.02. The zero-order valence-corrected chi connectivity index (χ0v) is 19.8. The zero-order chi connectivity index (χ0) is 26.2. The van der Waals surface area contributed by atoms with Gasteiger partial charge in [-0.15, -0.1) is 5.10 Å². The Bertz CT molecular complexity index is 1360. The number of amides is 2. The summed E-state index contributed by atoms with van der Waals surface area (Å²) in [5, 5.41) is 29.3. The largest absolute Gasteiger partial charge is 0.392 e. The van der Waals surface area contributed by atoms with E-state index in [9.17, 15) is 19.1 Å². The van der Waals surface area contributed by atoms with E-state index in [1.165, 1.54) is 28.9 Å². The van der Waals surface area contributed by atoms with Crippen molar-refractivity contribution in [2.24, 2.45) is 0 Å². The molecule has 4 rings (SSSR count). The number of hydrogen-bond acceptors (Lipinski definition) is 6. The number of hydroxylamine groups is 1. The minimum absolute atomic E-state index is 0.0231. The van der Waals surface area contributed by atoms with Crippen molar-refractivity contribution < 1.29 is 24.3 Å². The molecule has 0 spiro atoms. The Labute approximate surface area is 212 Å². The number of aliphatic hydroxyl groups is 1. The van der Waals surface area contributed by atoms with Gasteiger partial charge in [0.2, 0.25) is 5.91 Å². The van der Waals surface area contributed by atoms with Gasteiger partial charge in [0.25, 0.3) is 5.91 Å². The van der Waals surface area contributed by atoms with Gasteiger partial charge >= 0.3 is 0 Å². The Morgan fingerprint density at radius 3 is 2.43 bits per heavy atom. The molecule has 2 amide bonds. The van der Waals surface area contributed by atoms with Crippen LogP contribution in [-0.2, 0) is 24.4 Å². The fourth-order valence-corrected chi connectivity index (χ4v) is 3.92. The third-order valence-electron chi connectivity index (χ3n) is 5.88. The molecule has 37 heavy (non-hydrogen) atoms. The van der Waals surface area contributed by atoms with Crippen LogP contribution in [0.4, 0.5) is 4.39 Å². The molecule has 0 unspecified atom stereocenters. The highest BCUT2D eigenvalue weighted by Gasteiger charge is 2.19. The van der Waals surface area contributed by atoms with E-state index >= 15 is 0 Å². The number of nitrogens with one attached hydrogen (secondary N) is 2. The van der Waals surface area contributed by atoms with Crippen LogP contribution in [0.3, 0.4) is 0 Å². The standard InChI is InChI=1S/C27H26FN5O4/c28-23-10-8-21(9-11-23)27(36)29-15-24-16-33(32-30-24)25(14-26(35)31-37)13-19-2-1-3-22(12-19)20-6-4-18(17-34)5-7-20/h1-12,16,25,34,37H,13-15,17H2,(H,29,36)(H,31,35)/t25-/m1/s1. The van der Waals surface area contributed by atoms with Gasteiger partial charge in [0, 0.05) is 5.56 Å². The van der Waals surface area contributed by atoms with E-state index in [1.807, 2.05) is 48.5 Å². The summed E-state index contributed by atoms with van der Waals surface area (Å²) in [6, 6.07) is 20.2. The molecular formula is C27H26FN5O4. The number of aromatic nitrogens is 3. The second kappa shape index (κ2) is 12.0. The van der Waals surface area contributed by atoms with Gasteiger partial charge in [-0.05, 0) is 52.9 Å². The quantitative estimate of drug-likeness (QED) is 0.194. The highest BCUT2D eigenvalue weighted by Crippen LogP contribution is 2.24. The summed E-state index contributed by atoms with van der Waals surface area (Å²) in [7, 11) is 0. The van der Waals surface area contributed by atoms with Gasteiger partial charge in [-0.1, -0.05) is 53.7 Å². The molecule has 0 aliphatic rings. The Morgan fingerprint density at radius 1 is 0.973 bits per heavy atom. The van der Waals surface area contributed by atoms with Gasteiger partial charge in [-0.2, -0.15) is 0 Å². The van der Waals surface area contributed by atoms with Crippen molar-refractivity contribution in [3.8, 4) is 11.1 Å². The van der Waals surface area contributed by atoms with Gasteiger partial charge in [-0.3, -0.25) is 14.8 Å². The molecule has 190 valence electrons. The maximum atomic E-state index is 13.1. The molecule has 3 aromatic carbocycles. The molecule has 0 saturated heterocycles. The van der Waals surface area contributed by atoms with Crippen LogP contribution in [0.1, 0.15) is 39.6 Å². The van der Waals surface area contributed by atoms with Crippen molar-refractivity contribution in [1.29, 1.82) is 0 Å². The first kappa shape index (κ1) is 25.7. The molecule has 9 nitrogen and oxygen atoms in total. The lowest BCUT2D eigenvalue weighted by atomic mass is 9.97. The summed E-state index contributed by atoms with van der Waals surface area (Å²) < 4.78 is 14.6. The van der Waals surface area contributed by atoms with Crippen LogP contribution in [-0.4, -0.2) is 37.1 Å². The van der Waals surface area contributed by atoms with Crippen molar-refractivity contribution in [3.63, 3.8) is 0 Å². The Balaban J connectivity index is 1.47. The van der Waals surface area contributed by atoms with E-state index in [0.717, 1.165) is 22.3 Å². The first-order valence-corrected chi connectivity index (χ1v) is 11.6. The van der Waals surface area contributed by atoms with Crippen molar-refractivity contribution in [1.82, 2.24) is 25.8 Å². The van der Waals surface area contributed by atoms with E-state index in [-0.39, 0.29) is 25.5 Å². The number of hydrogen-bond donors (Lipinski definition) is 4. The molecule has 1 aromatic heterocycles. The molecule has 4 aromatic rings. The normalized spacial score (nSPS) is 11.6. The molecule has 1 heterocycles. The predicted molar refractivity (Wildman–Crippen MR) is 133 cm³/mol. The number of nitrogens with zero attached hydrogens (tertiary/aromatic N) is 3. The summed E-state index contributed by atoms with van der Waals surface area (Å²) in [6.45, 7) is 0.0686. The number of benzene rings is 3. The van der Waals surface area contributed by atoms with Crippen LogP contribution < -0.4 is 10.8 Å². The third-order valence-corrected chi connectivity index (χ3v) is 5.88. The van der Waals surface area contributed by atoms with Crippen LogP contribution >= 0.6 is 0 Å².